The summed E-state index contributed by atoms with van der Waals surface area (Å²) in [6.45, 7) is 3.92. The fraction of sp³-hybridized carbons (Fsp3) is 0.167. The highest BCUT2D eigenvalue weighted by Crippen LogP contribution is 2.27. The molecule has 32 heavy (non-hydrogen) atoms. The molecule has 0 bridgehead atoms. The van der Waals surface area contributed by atoms with Crippen LogP contribution in [0.5, 0.6) is 0 Å². The first-order valence-electron chi connectivity index (χ1n) is 10.2. The molecular weight excluding hydrogens is 438 g/mol. The molecule has 0 spiro atoms. The van der Waals surface area contributed by atoms with Crippen LogP contribution in [-0.4, -0.2) is 31.2 Å². The monoisotopic (exact) mass is 459 g/mol. The summed E-state index contributed by atoms with van der Waals surface area (Å²) in [6, 6.07) is 20.0. The van der Waals surface area contributed by atoms with Gasteiger partial charge in [0.15, 0.2) is 10.8 Å². The number of nitrogens with one attached hydrogen (secondary N) is 1. The smallest absolute Gasteiger partial charge is 0.231 e. The second-order valence-electron chi connectivity index (χ2n) is 7.52. The number of thiophene rings is 1. The SMILES string of the molecule is Cc1ccc(C(NC(=O)CSc2nc3ccccc3c3nc(C)nn23)c2cccs2)cc1. The topological polar surface area (TPSA) is 72.2 Å². The van der Waals surface area contributed by atoms with Crippen LogP contribution < -0.4 is 5.32 Å². The van der Waals surface area contributed by atoms with Gasteiger partial charge in [0, 0.05) is 10.3 Å². The Morgan fingerprint density at radius 2 is 1.88 bits per heavy atom. The van der Waals surface area contributed by atoms with Crippen LogP contribution in [0, 0.1) is 13.8 Å². The minimum Gasteiger partial charge on any atom is -0.344 e. The summed E-state index contributed by atoms with van der Waals surface area (Å²) in [5, 5.41) is 11.3. The molecule has 0 radical (unpaired) electrons. The molecule has 0 aliphatic rings. The third-order valence-corrected chi connectivity index (χ3v) is 7.00. The molecule has 3 heterocycles. The summed E-state index contributed by atoms with van der Waals surface area (Å²) in [4.78, 5) is 23.4. The van der Waals surface area contributed by atoms with E-state index in [4.69, 9.17) is 4.98 Å². The number of benzene rings is 2. The lowest BCUT2D eigenvalue weighted by Gasteiger charge is -2.18. The molecule has 160 valence electrons. The largest absolute Gasteiger partial charge is 0.344 e. The first-order chi connectivity index (χ1) is 15.6. The molecule has 5 aromatic rings. The van der Waals surface area contributed by atoms with Gasteiger partial charge in [0.1, 0.15) is 5.82 Å². The zero-order valence-corrected chi connectivity index (χ0v) is 19.3. The number of aromatic nitrogens is 4. The molecule has 1 unspecified atom stereocenters. The maximum absolute atomic E-state index is 13.0. The first kappa shape index (κ1) is 20.7. The predicted octanol–water partition coefficient (Wildman–Crippen LogP) is 4.95. The van der Waals surface area contributed by atoms with Crippen LogP contribution in [0.3, 0.4) is 0 Å². The number of amides is 1. The number of thioether (sulfide) groups is 1. The van der Waals surface area contributed by atoms with Gasteiger partial charge in [-0.05, 0) is 43.0 Å². The normalized spacial score (nSPS) is 12.3. The van der Waals surface area contributed by atoms with Crippen LogP contribution in [-0.2, 0) is 4.79 Å². The Kier molecular flexibility index (Phi) is 5.63. The summed E-state index contributed by atoms with van der Waals surface area (Å²) < 4.78 is 1.73. The van der Waals surface area contributed by atoms with Crippen molar-refractivity contribution in [1.29, 1.82) is 0 Å². The van der Waals surface area contributed by atoms with Crippen molar-refractivity contribution in [1.82, 2.24) is 24.9 Å². The second kappa shape index (κ2) is 8.72. The molecular formula is C24H21N5OS2. The van der Waals surface area contributed by atoms with Gasteiger partial charge in [0.25, 0.3) is 0 Å². The number of nitrogens with zero attached hydrogens (tertiary/aromatic N) is 4. The van der Waals surface area contributed by atoms with Crippen LogP contribution in [0.4, 0.5) is 0 Å². The predicted molar refractivity (Wildman–Crippen MR) is 129 cm³/mol. The van der Waals surface area contributed by atoms with Crippen LogP contribution in [0.1, 0.15) is 27.9 Å². The number of para-hydroxylation sites is 1. The summed E-state index contributed by atoms with van der Waals surface area (Å²) in [7, 11) is 0. The lowest BCUT2D eigenvalue weighted by atomic mass is 10.0. The van der Waals surface area contributed by atoms with Crippen LogP contribution in [0.15, 0.2) is 71.2 Å². The van der Waals surface area contributed by atoms with Gasteiger partial charge in [-0.15, -0.1) is 16.4 Å². The first-order valence-corrected chi connectivity index (χ1v) is 12.1. The second-order valence-corrected chi connectivity index (χ2v) is 9.44. The van der Waals surface area contributed by atoms with Crippen molar-refractivity contribution in [3.05, 3.63) is 87.9 Å². The van der Waals surface area contributed by atoms with Crippen molar-refractivity contribution in [3.63, 3.8) is 0 Å². The molecule has 3 aromatic heterocycles. The summed E-state index contributed by atoms with van der Waals surface area (Å²) >= 11 is 3.00. The van der Waals surface area contributed by atoms with Gasteiger partial charge >= 0.3 is 0 Å². The van der Waals surface area contributed by atoms with E-state index in [1.54, 1.807) is 15.9 Å². The van der Waals surface area contributed by atoms with Crippen LogP contribution in [0.2, 0.25) is 0 Å². The number of aryl methyl sites for hydroxylation is 2. The Bertz CT molecular complexity index is 1390. The van der Waals surface area contributed by atoms with E-state index < -0.39 is 0 Å². The quantitative estimate of drug-likeness (QED) is 0.287. The molecule has 8 heteroatoms. The average molecular weight is 460 g/mol. The minimum atomic E-state index is -0.179. The van der Waals surface area contributed by atoms with E-state index in [0.717, 1.165) is 27.0 Å². The van der Waals surface area contributed by atoms with Crippen LogP contribution in [0.25, 0.3) is 16.6 Å². The molecule has 0 fully saturated rings. The van der Waals surface area contributed by atoms with E-state index in [-0.39, 0.29) is 17.7 Å². The van der Waals surface area contributed by atoms with Crippen molar-refractivity contribution in [3.8, 4) is 0 Å². The van der Waals surface area contributed by atoms with Crippen molar-refractivity contribution in [2.75, 3.05) is 5.75 Å². The molecule has 1 N–H and O–H groups in total. The van der Waals surface area contributed by atoms with E-state index >= 15 is 0 Å². The molecule has 0 saturated carbocycles. The highest BCUT2D eigenvalue weighted by Gasteiger charge is 2.19. The van der Waals surface area contributed by atoms with E-state index in [1.165, 1.54) is 17.3 Å². The van der Waals surface area contributed by atoms with Gasteiger partial charge in [-0.2, -0.15) is 4.52 Å². The Hall–Kier alpha value is -3.23. The fourth-order valence-corrected chi connectivity index (χ4v) is 5.15. The van der Waals surface area contributed by atoms with Crippen molar-refractivity contribution in [2.24, 2.45) is 0 Å². The number of carbonyl (C=O) groups is 1. The van der Waals surface area contributed by atoms with Gasteiger partial charge < -0.3 is 5.32 Å². The molecule has 5 rings (SSSR count). The maximum Gasteiger partial charge on any atom is 0.231 e. The van der Waals surface area contributed by atoms with Gasteiger partial charge in [0.2, 0.25) is 5.91 Å². The number of hydrogen-bond donors (Lipinski definition) is 1. The van der Waals surface area contributed by atoms with E-state index in [0.29, 0.717) is 11.0 Å². The summed E-state index contributed by atoms with van der Waals surface area (Å²) in [5.74, 6) is 0.841. The summed E-state index contributed by atoms with van der Waals surface area (Å²) in [6.07, 6.45) is 0. The highest BCUT2D eigenvalue weighted by atomic mass is 32.2. The molecule has 0 aliphatic carbocycles. The van der Waals surface area contributed by atoms with E-state index in [2.05, 4.69) is 52.7 Å². The Morgan fingerprint density at radius 1 is 1.06 bits per heavy atom. The lowest BCUT2D eigenvalue weighted by Crippen LogP contribution is -2.30. The van der Waals surface area contributed by atoms with Gasteiger partial charge in [-0.3, -0.25) is 4.79 Å². The van der Waals surface area contributed by atoms with Crippen molar-refractivity contribution in [2.45, 2.75) is 25.0 Å². The fourth-order valence-electron chi connectivity index (χ4n) is 3.59. The van der Waals surface area contributed by atoms with Gasteiger partial charge in [-0.1, -0.05) is 59.8 Å². The molecule has 0 aliphatic heterocycles. The number of hydrogen-bond acceptors (Lipinski definition) is 6. The number of rotatable bonds is 6. The molecule has 1 amide bonds. The van der Waals surface area contributed by atoms with Crippen LogP contribution >= 0.6 is 23.1 Å². The number of fused-ring (bicyclic) bond motifs is 3. The van der Waals surface area contributed by atoms with E-state index in [9.17, 15) is 4.79 Å². The number of carbonyl (C=O) groups excluding carboxylic acids is 1. The highest BCUT2D eigenvalue weighted by molar-refractivity contribution is 7.99. The molecule has 0 saturated heterocycles. The standard InChI is InChI=1S/C24H21N5OS2/c1-15-9-11-17(12-10-15)22(20-8-5-13-31-20)27-21(30)14-32-24-26-19-7-4-3-6-18(19)23-25-16(2)28-29(23)24/h3-13,22H,14H2,1-2H3,(H,27,30). The van der Waals surface area contributed by atoms with Crippen molar-refractivity contribution >= 4 is 45.6 Å². The Balaban J connectivity index is 1.39. The zero-order valence-electron chi connectivity index (χ0n) is 17.6. The minimum absolute atomic E-state index is 0.0612. The molecule has 1 atom stereocenters. The average Bonchev–Trinajstić information content (AvgIpc) is 3.46. The van der Waals surface area contributed by atoms with Gasteiger partial charge in [0.05, 0.1) is 17.3 Å². The van der Waals surface area contributed by atoms with E-state index in [1.807, 2.05) is 42.6 Å². The maximum atomic E-state index is 13.0. The van der Waals surface area contributed by atoms with Crippen molar-refractivity contribution < 1.29 is 4.79 Å². The molecule has 2 aromatic carbocycles. The van der Waals surface area contributed by atoms with Gasteiger partial charge in [-0.25, -0.2) is 9.97 Å². The Labute approximate surface area is 193 Å². The summed E-state index contributed by atoms with van der Waals surface area (Å²) in [5.41, 5.74) is 3.85. The lowest BCUT2D eigenvalue weighted by molar-refractivity contribution is -0.119. The third-order valence-electron chi connectivity index (χ3n) is 5.13. The zero-order chi connectivity index (χ0) is 22.1. The third kappa shape index (κ3) is 4.11. The molecule has 6 nitrogen and oxygen atoms in total. The Morgan fingerprint density at radius 3 is 2.66 bits per heavy atom.